The second kappa shape index (κ2) is 6.14. The molecule has 1 aromatic rings. The van der Waals surface area contributed by atoms with Crippen LogP contribution in [-0.4, -0.2) is 34.5 Å². The number of aliphatic carboxylic acids is 1. The van der Waals surface area contributed by atoms with E-state index in [1.54, 1.807) is 18.2 Å². The van der Waals surface area contributed by atoms with Crippen molar-refractivity contribution < 1.29 is 14.7 Å². The Kier molecular flexibility index (Phi) is 4.70. The smallest absolute Gasteiger partial charge is 0.326 e. The van der Waals surface area contributed by atoms with Crippen LogP contribution in [0.2, 0.25) is 5.02 Å². The van der Waals surface area contributed by atoms with Gasteiger partial charge in [-0.1, -0.05) is 34.5 Å². The van der Waals surface area contributed by atoms with Gasteiger partial charge >= 0.3 is 5.97 Å². The number of nitrogens with zero attached hydrogens (tertiary/aromatic N) is 1. The number of piperidine rings is 1. The van der Waals surface area contributed by atoms with Gasteiger partial charge in [-0.15, -0.1) is 0 Å². The van der Waals surface area contributed by atoms with E-state index in [0.29, 0.717) is 17.1 Å². The molecule has 0 saturated carbocycles. The minimum absolute atomic E-state index is 0.0591. The summed E-state index contributed by atoms with van der Waals surface area (Å²) in [4.78, 5) is 25.4. The predicted molar refractivity (Wildman–Crippen MR) is 80.0 cm³/mol. The van der Waals surface area contributed by atoms with Crippen LogP contribution >= 0.6 is 27.5 Å². The van der Waals surface area contributed by atoms with Crippen molar-refractivity contribution in [1.82, 2.24) is 4.90 Å². The Morgan fingerprint density at radius 1 is 1.45 bits per heavy atom. The number of carbonyl (C=O) groups excluding carboxylic acids is 1. The van der Waals surface area contributed by atoms with E-state index in [0.717, 1.165) is 17.3 Å². The summed E-state index contributed by atoms with van der Waals surface area (Å²) in [5.41, 5.74) is 0.335. The molecule has 0 spiro atoms. The summed E-state index contributed by atoms with van der Waals surface area (Å²) in [7, 11) is 0. The lowest BCUT2D eigenvalue weighted by atomic mass is 9.90. The molecule has 1 saturated heterocycles. The monoisotopic (exact) mass is 359 g/mol. The lowest BCUT2D eigenvalue weighted by Gasteiger charge is -2.37. The molecule has 1 amide bonds. The highest BCUT2D eigenvalue weighted by Gasteiger charge is 2.37. The zero-order chi connectivity index (χ0) is 14.9. The highest BCUT2D eigenvalue weighted by atomic mass is 79.9. The molecule has 4 nitrogen and oxygen atoms in total. The van der Waals surface area contributed by atoms with Gasteiger partial charge in [0.2, 0.25) is 0 Å². The van der Waals surface area contributed by atoms with Gasteiger partial charge in [-0.05, 0) is 37.0 Å². The van der Waals surface area contributed by atoms with Crippen LogP contribution in [0.1, 0.15) is 30.1 Å². The Balaban J connectivity index is 2.35. The number of carboxylic acids is 1. The van der Waals surface area contributed by atoms with E-state index in [1.165, 1.54) is 4.90 Å². The molecule has 2 rings (SSSR count). The van der Waals surface area contributed by atoms with Crippen LogP contribution in [0.3, 0.4) is 0 Å². The highest BCUT2D eigenvalue weighted by molar-refractivity contribution is 9.10. The number of hydrogen-bond donors (Lipinski definition) is 1. The van der Waals surface area contributed by atoms with E-state index in [2.05, 4.69) is 15.9 Å². The molecule has 1 aliphatic rings. The third-order valence-corrected chi connectivity index (χ3v) is 4.43. The van der Waals surface area contributed by atoms with E-state index in [-0.39, 0.29) is 11.8 Å². The fourth-order valence-corrected chi connectivity index (χ4v) is 3.17. The second-order valence-electron chi connectivity index (χ2n) is 5.03. The first-order valence-electron chi connectivity index (χ1n) is 6.40. The van der Waals surface area contributed by atoms with E-state index in [1.807, 2.05) is 6.92 Å². The van der Waals surface area contributed by atoms with Crippen LogP contribution in [0.5, 0.6) is 0 Å². The van der Waals surface area contributed by atoms with Crippen molar-refractivity contribution in [3.8, 4) is 0 Å². The minimum atomic E-state index is -0.961. The van der Waals surface area contributed by atoms with Crippen LogP contribution in [0.25, 0.3) is 0 Å². The molecule has 20 heavy (non-hydrogen) atoms. The molecule has 0 aromatic heterocycles. The first-order chi connectivity index (χ1) is 9.41. The first kappa shape index (κ1) is 15.3. The van der Waals surface area contributed by atoms with Gasteiger partial charge in [0, 0.05) is 11.0 Å². The number of hydrogen-bond acceptors (Lipinski definition) is 2. The van der Waals surface area contributed by atoms with E-state index in [9.17, 15) is 14.7 Å². The third-order valence-electron chi connectivity index (χ3n) is 3.61. The minimum Gasteiger partial charge on any atom is -0.480 e. The fourth-order valence-electron chi connectivity index (χ4n) is 2.61. The quantitative estimate of drug-likeness (QED) is 0.879. The average Bonchev–Trinajstić information content (AvgIpc) is 2.40. The molecule has 2 atom stereocenters. The molecule has 2 unspecified atom stereocenters. The summed E-state index contributed by atoms with van der Waals surface area (Å²) in [5, 5.41) is 9.70. The third kappa shape index (κ3) is 2.99. The molecule has 0 radical (unpaired) electrons. The summed E-state index contributed by atoms with van der Waals surface area (Å²) in [6, 6.07) is 4.21. The average molecular weight is 361 g/mol. The highest BCUT2D eigenvalue weighted by Crippen LogP contribution is 2.28. The molecule has 1 fully saturated rings. The molecule has 108 valence electrons. The topological polar surface area (TPSA) is 57.6 Å². The van der Waals surface area contributed by atoms with Crippen LogP contribution in [0.15, 0.2) is 22.7 Å². The molecular weight excluding hydrogens is 346 g/mol. The Morgan fingerprint density at radius 3 is 2.80 bits per heavy atom. The van der Waals surface area contributed by atoms with Crippen molar-refractivity contribution in [2.24, 2.45) is 5.92 Å². The van der Waals surface area contributed by atoms with Crippen molar-refractivity contribution in [3.63, 3.8) is 0 Å². The summed E-state index contributed by atoms with van der Waals surface area (Å²) in [6.45, 7) is 2.31. The zero-order valence-electron chi connectivity index (χ0n) is 11.0. The van der Waals surface area contributed by atoms with Crippen LogP contribution in [0, 0.1) is 5.92 Å². The maximum absolute atomic E-state index is 12.6. The lowest BCUT2D eigenvalue weighted by Crippen LogP contribution is -2.52. The largest absolute Gasteiger partial charge is 0.480 e. The number of carboxylic acid groups (broad SMARTS) is 1. The van der Waals surface area contributed by atoms with Gasteiger partial charge in [0.05, 0.1) is 10.6 Å². The number of carbonyl (C=O) groups is 2. The normalized spacial score (nSPS) is 22.6. The van der Waals surface area contributed by atoms with Crippen LogP contribution < -0.4 is 0 Å². The van der Waals surface area contributed by atoms with Crippen molar-refractivity contribution in [2.75, 3.05) is 6.54 Å². The standard InChI is InChI=1S/C14H15BrClNO3/c1-8-3-2-6-17(12(8)14(19)20)13(18)10-7-9(15)4-5-11(10)16/h4-5,7-8,12H,2-3,6H2,1H3,(H,19,20). The molecule has 1 aromatic carbocycles. The number of halogens is 2. The Bertz CT molecular complexity index is 549. The SMILES string of the molecule is CC1CCCN(C(=O)c2cc(Br)ccc2Cl)C1C(=O)O. The molecule has 6 heteroatoms. The van der Waals surface area contributed by atoms with Gasteiger partial charge in [0.15, 0.2) is 0 Å². The second-order valence-corrected chi connectivity index (χ2v) is 6.35. The fraction of sp³-hybridized carbons (Fsp3) is 0.429. The summed E-state index contributed by atoms with van der Waals surface area (Å²) in [5.74, 6) is -1.34. The van der Waals surface area contributed by atoms with Gasteiger partial charge in [-0.3, -0.25) is 4.79 Å². The van der Waals surface area contributed by atoms with E-state index in [4.69, 9.17) is 11.6 Å². The van der Waals surface area contributed by atoms with Gasteiger partial charge in [0.25, 0.3) is 5.91 Å². The molecule has 1 aliphatic heterocycles. The summed E-state index contributed by atoms with van der Waals surface area (Å²) >= 11 is 9.36. The Morgan fingerprint density at radius 2 is 2.15 bits per heavy atom. The van der Waals surface area contributed by atoms with E-state index >= 15 is 0 Å². The van der Waals surface area contributed by atoms with Crippen molar-refractivity contribution >= 4 is 39.4 Å². The maximum Gasteiger partial charge on any atom is 0.326 e. The Labute approximate surface area is 130 Å². The first-order valence-corrected chi connectivity index (χ1v) is 7.57. The number of amides is 1. The molecule has 0 aliphatic carbocycles. The zero-order valence-corrected chi connectivity index (χ0v) is 13.3. The van der Waals surface area contributed by atoms with Gasteiger partial charge in [-0.2, -0.15) is 0 Å². The molecule has 0 bridgehead atoms. The Hall–Kier alpha value is -1.07. The summed E-state index contributed by atoms with van der Waals surface area (Å²) in [6.07, 6.45) is 1.62. The van der Waals surface area contributed by atoms with Crippen molar-refractivity contribution in [2.45, 2.75) is 25.8 Å². The molecule has 1 N–H and O–H groups in total. The van der Waals surface area contributed by atoms with Crippen molar-refractivity contribution in [3.05, 3.63) is 33.3 Å². The summed E-state index contributed by atoms with van der Waals surface area (Å²) < 4.78 is 0.738. The number of likely N-dealkylation sites (tertiary alicyclic amines) is 1. The number of benzene rings is 1. The van der Waals surface area contributed by atoms with Crippen molar-refractivity contribution in [1.29, 1.82) is 0 Å². The van der Waals surface area contributed by atoms with Gasteiger partial charge < -0.3 is 10.0 Å². The lowest BCUT2D eigenvalue weighted by molar-refractivity contribution is -0.145. The van der Waals surface area contributed by atoms with Gasteiger partial charge in [-0.25, -0.2) is 4.79 Å². The van der Waals surface area contributed by atoms with Gasteiger partial charge in [0.1, 0.15) is 6.04 Å². The van der Waals surface area contributed by atoms with E-state index < -0.39 is 12.0 Å². The molecule has 1 heterocycles. The number of rotatable bonds is 2. The predicted octanol–water partition coefficient (Wildman–Crippen LogP) is 3.43. The van der Waals surface area contributed by atoms with Crippen LogP contribution in [0.4, 0.5) is 0 Å². The van der Waals surface area contributed by atoms with Crippen LogP contribution in [-0.2, 0) is 4.79 Å². The maximum atomic E-state index is 12.6. The molecular formula is C14H15BrClNO3.